The van der Waals surface area contributed by atoms with Gasteiger partial charge >= 0.3 is 0 Å². The summed E-state index contributed by atoms with van der Waals surface area (Å²) in [5.41, 5.74) is 2.99. The minimum Gasteiger partial charge on any atom is -0.508 e. The SMILES string of the molecule is Cc1c(O)ccc(-c2ccco2)c1C. The van der Waals surface area contributed by atoms with Crippen molar-refractivity contribution >= 4 is 0 Å². The second-order valence-corrected chi connectivity index (χ2v) is 3.36. The number of benzene rings is 1. The highest BCUT2D eigenvalue weighted by molar-refractivity contribution is 5.65. The molecule has 0 amide bonds. The molecular weight excluding hydrogens is 176 g/mol. The van der Waals surface area contributed by atoms with Crippen molar-refractivity contribution in [2.45, 2.75) is 13.8 Å². The smallest absolute Gasteiger partial charge is 0.134 e. The van der Waals surface area contributed by atoms with Crippen LogP contribution in [0.4, 0.5) is 0 Å². The molecule has 1 N–H and O–H groups in total. The Balaban J connectivity index is 2.61. The van der Waals surface area contributed by atoms with Gasteiger partial charge in [0, 0.05) is 5.56 Å². The van der Waals surface area contributed by atoms with E-state index in [1.165, 1.54) is 0 Å². The summed E-state index contributed by atoms with van der Waals surface area (Å²) in [5.74, 6) is 1.17. The van der Waals surface area contributed by atoms with E-state index in [1.54, 1.807) is 12.3 Å². The highest BCUT2D eigenvalue weighted by Gasteiger charge is 2.08. The lowest BCUT2D eigenvalue weighted by molar-refractivity contribution is 0.470. The second-order valence-electron chi connectivity index (χ2n) is 3.36. The largest absolute Gasteiger partial charge is 0.508 e. The standard InChI is InChI=1S/C12H12O2/c1-8-9(2)11(13)6-5-10(8)12-4-3-7-14-12/h3-7,13H,1-2H3. The third-order valence-electron chi connectivity index (χ3n) is 2.55. The van der Waals surface area contributed by atoms with Crippen molar-refractivity contribution < 1.29 is 9.52 Å². The predicted octanol–water partition coefficient (Wildman–Crippen LogP) is 3.27. The Kier molecular flexibility index (Phi) is 2.04. The molecular formula is C12H12O2. The highest BCUT2D eigenvalue weighted by atomic mass is 16.3. The monoisotopic (exact) mass is 188 g/mol. The Hall–Kier alpha value is -1.70. The molecule has 0 bridgehead atoms. The molecule has 0 atom stereocenters. The van der Waals surface area contributed by atoms with Gasteiger partial charge in [-0.05, 0) is 49.2 Å². The Morgan fingerprint density at radius 2 is 1.86 bits per heavy atom. The molecule has 72 valence electrons. The van der Waals surface area contributed by atoms with Crippen LogP contribution >= 0.6 is 0 Å². The lowest BCUT2D eigenvalue weighted by atomic mass is 10.0. The van der Waals surface area contributed by atoms with E-state index < -0.39 is 0 Å². The average molecular weight is 188 g/mol. The van der Waals surface area contributed by atoms with Crippen molar-refractivity contribution in [3.63, 3.8) is 0 Å². The fourth-order valence-electron chi connectivity index (χ4n) is 1.51. The number of phenolic OH excluding ortho intramolecular Hbond substituents is 1. The second kappa shape index (κ2) is 3.22. The molecule has 2 nitrogen and oxygen atoms in total. The van der Waals surface area contributed by atoms with Gasteiger partial charge in [0.2, 0.25) is 0 Å². The van der Waals surface area contributed by atoms with Gasteiger partial charge in [0.05, 0.1) is 6.26 Å². The van der Waals surface area contributed by atoms with E-state index in [1.807, 2.05) is 32.0 Å². The minimum absolute atomic E-state index is 0.331. The summed E-state index contributed by atoms with van der Waals surface area (Å²) in [6, 6.07) is 7.34. The van der Waals surface area contributed by atoms with E-state index in [4.69, 9.17) is 4.42 Å². The van der Waals surface area contributed by atoms with Crippen LogP contribution in [0.5, 0.6) is 5.75 Å². The Bertz CT molecular complexity index is 442. The summed E-state index contributed by atoms with van der Waals surface area (Å²) in [6.07, 6.45) is 1.65. The predicted molar refractivity (Wildman–Crippen MR) is 55.3 cm³/mol. The molecule has 1 aromatic heterocycles. The van der Waals surface area contributed by atoms with Gasteiger partial charge in [0.15, 0.2) is 0 Å². The van der Waals surface area contributed by atoms with Crippen LogP contribution in [0.15, 0.2) is 34.9 Å². The summed E-state index contributed by atoms with van der Waals surface area (Å²) in [5, 5.41) is 9.49. The van der Waals surface area contributed by atoms with E-state index in [9.17, 15) is 5.11 Å². The van der Waals surface area contributed by atoms with E-state index in [2.05, 4.69) is 0 Å². The molecule has 2 heteroatoms. The van der Waals surface area contributed by atoms with E-state index in [0.717, 1.165) is 22.5 Å². The van der Waals surface area contributed by atoms with Crippen LogP contribution in [0.1, 0.15) is 11.1 Å². The number of phenols is 1. The van der Waals surface area contributed by atoms with Crippen LogP contribution in [0.3, 0.4) is 0 Å². The van der Waals surface area contributed by atoms with Crippen molar-refractivity contribution in [1.82, 2.24) is 0 Å². The molecule has 14 heavy (non-hydrogen) atoms. The molecule has 1 heterocycles. The zero-order valence-electron chi connectivity index (χ0n) is 8.24. The third-order valence-corrected chi connectivity index (χ3v) is 2.55. The molecule has 0 spiro atoms. The highest BCUT2D eigenvalue weighted by Crippen LogP contribution is 2.30. The summed E-state index contributed by atoms with van der Waals surface area (Å²) in [7, 11) is 0. The fourth-order valence-corrected chi connectivity index (χ4v) is 1.51. The summed E-state index contributed by atoms with van der Waals surface area (Å²) >= 11 is 0. The average Bonchev–Trinajstić information content (AvgIpc) is 2.67. The number of hydrogen-bond acceptors (Lipinski definition) is 2. The molecule has 0 unspecified atom stereocenters. The maximum Gasteiger partial charge on any atom is 0.134 e. The summed E-state index contributed by atoms with van der Waals surface area (Å²) < 4.78 is 5.31. The quantitative estimate of drug-likeness (QED) is 0.745. The van der Waals surface area contributed by atoms with Gasteiger partial charge in [-0.25, -0.2) is 0 Å². The number of aromatic hydroxyl groups is 1. The van der Waals surface area contributed by atoms with Gasteiger partial charge < -0.3 is 9.52 Å². The third kappa shape index (κ3) is 1.29. The molecule has 2 rings (SSSR count). The molecule has 2 aromatic rings. The van der Waals surface area contributed by atoms with Gasteiger partial charge in [-0.2, -0.15) is 0 Å². The van der Waals surface area contributed by atoms with Crippen LogP contribution in [-0.2, 0) is 0 Å². The van der Waals surface area contributed by atoms with Crippen LogP contribution in [0.2, 0.25) is 0 Å². The number of rotatable bonds is 1. The Morgan fingerprint density at radius 3 is 2.50 bits per heavy atom. The van der Waals surface area contributed by atoms with Crippen molar-refractivity contribution in [1.29, 1.82) is 0 Å². The lowest BCUT2D eigenvalue weighted by Crippen LogP contribution is -1.86. The van der Waals surface area contributed by atoms with Gasteiger partial charge in [-0.3, -0.25) is 0 Å². The van der Waals surface area contributed by atoms with Crippen LogP contribution in [0, 0.1) is 13.8 Å². The number of hydrogen-bond donors (Lipinski definition) is 1. The first kappa shape index (κ1) is 8.88. The summed E-state index contributed by atoms with van der Waals surface area (Å²) in [6.45, 7) is 3.88. The first-order valence-electron chi connectivity index (χ1n) is 4.53. The first-order chi connectivity index (χ1) is 6.70. The van der Waals surface area contributed by atoms with Crippen LogP contribution in [-0.4, -0.2) is 5.11 Å². The number of furan rings is 1. The first-order valence-corrected chi connectivity index (χ1v) is 4.53. The van der Waals surface area contributed by atoms with Crippen molar-refractivity contribution in [3.05, 3.63) is 41.7 Å². The molecule has 0 saturated carbocycles. The molecule has 0 radical (unpaired) electrons. The molecule has 0 aliphatic carbocycles. The molecule has 0 aliphatic rings. The molecule has 0 fully saturated rings. The maximum absolute atomic E-state index is 9.49. The minimum atomic E-state index is 0.331. The van der Waals surface area contributed by atoms with Crippen molar-refractivity contribution in [2.24, 2.45) is 0 Å². The lowest BCUT2D eigenvalue weighted by Gasteiger charge is -2.07. The normalized spacial score (nSPS) is 10.4. The van der Waals surface area contributed by atoms with E-state index in [-0.39, 0.29) is 0 Å². The van der Waals surface area contributed by atoms with Crippen molar-refractivity contribution in [2.75, 3.05) is 0 Å². The van der Waals surface area contributed by atoms with Gasteiger partial charge in [-0.1, -0.05) is 0 Å². The van der Waals surface area contributed by atoms with Crippen LogP contribution < -0.4 is 0 Å². The van der Waals surface area contributed by atoms with Crippen molar-refractivity contribution in [3.8, 4) is 17.1 Å². The topological polar surface area (TPSA) is 33.4 Å². The van der Waals surface area contributed by atoms with Gasteiger partial charge in [0.25, 0.3) is 0 Å². The zero-order chi connectivity index (χ0) is 10.1. The van der Waals surface area contributed by atoms with E-state index in [0.29, 0.717) is 5.75 Å². The van der Waals surface area contributed by atoms with Gasteiger partial charge in [-0.15, -0.1) is 0 Å². The van der Waals surface area contributed by atoms with E-state index >= 15 is 0 Å². The fraction of sp³-hybridized carbons (Fsp3) is 0.167. The maximum atomic E-state index is 9.49. The molecule has 0 aliphatic heterocycles. The van der Waals surface area contributed by atoms with Gasteiger partial charge in [0.1, 0.15) is 11.5 Å². The Morgan fingerprint density at radius 1 is 1.07 bits per heavy atom. The zero-order valence-corrected chi connectivity index (χ0v) is 8.24. The summed E-state index contributed by atoms with van der Waals surface area (Å²) in [4.78, 5) is 0. The Labute approximate surface area is 82.8 Å². The molecule has 0 saturated heterocycles. The molecule has 1 aromatic carbocycles. The van der Waals surface area contributed by atoms with Crippen LogP contribution in [0.25, 0.3) is 11.3 Å².